The molecule has 4 aromatic rings. The number of benzene rings is 3. The first kappa shape index (κ1) is 24.1. The molecule has 0 saturated carbocycles. The molecule has 0 atom stereocenters. The Morgan fingerprint density at radius 1 is 0.771 bits per heavy atom. The minimum absolute atomic E-state index is 0.222. The third-order valence-electron chi connectivity index (χ3n) is 5.13. The zero-order valence-corrected chi connectivity index (χ0v) is 20.0. The minimum atomic E-state index is -0.448. The monoisotopic (exact) mass is 506 g/mol. The second kappa shape index (κ2) is 10.5. The van der Waals surface area contributed by atoms with Crippen LogP contribution in [0.15, 0.2) is 89.9 Å². The van der Waals surface area contributed by atoms with E-state index in [1.165, 1.54) is 22.9 Å². The first-order valence-electron chi connectivity index (χ1n) is 10.5. The van der Waals surface area contributed by atoms with Crippen molar-refractivity contribution >= 4 is 52.2 Å². The van der Waals surface area contributed by atoms with Gasteiger partial charge in [0.05, 0.1) is 21.3 Å². The molecule has 3 N–H and O–H groups in total. The summed E-state index contributed by atoms with van der Waals surface area (Å²) < 4.78 is 1.23. The van der Waals surface area contributed by atoms with Gasteiger partial charge in [0.2, 0.25) is 0 Å². The summed E-state index contributed by atoms with van der Waals surface area (Å²) in [5.74, 6) is -0.448. The van der Waals surface area contributed by atoms with E-state index in [-0.39, 0.29) is 21.2 Å². The summed E-state index contributed by atoms with van der Waals surface area (Å²) in [6, 6.07) is 21.4. The van der Waals surface area contributed by atoms with Crippen molar-refractivity contribution in [2.75, 3.05) is 16.0 Å². The average molecular weight is 507 g/mol. The van der Waals surface area contributed by atoms with Gasteiger partial charge in [-0.15, -0.1) is 0 Å². The summed E-state index contributed by atoms with van der Waals surface area (Å²) in [5.41, 5.74) is 2.56. The number of hydrogen-bond donors (Lipinski definition) is 3. The fraction of sp³-hybridized carbons (Fsp3) is 0.0385. The van der Waals surface area contributed by atoms with Crippen LogP contribution < -0.4 is 21.5 Å². The number of nitrogens with one attached hydrogen (secondary N) is 3. The van der Waals surface area contributed by atoms with E-state index in [0.717, 1.165) is 5.56 Å². The standard InChI is InChI=1S/C26H20Cl2N4O3/c1-16-10-12-19(30-26(35)29-18-6-3-2-4-7-18)14-22(16)31-25(34)17-11-13-23(33)32(15-17)24-20(27)8-5-9-21(24)28/h2-15H,1H3,(H,31,34)(H2,29,30,35). The highest BCUT2D eigenvalue weighted by Crippen LogP contribution is 2.27. The fourth-order valence-corrected chi connectivity index (χ4v) is 3.94. The maximum Gasteiger partial charge on any atom is 0.323 e. The van der Waals surface area contributed by atoms with Gasteiger partial charge < -0.3 is 16.0 Å². The van der Waals surface area contributed by atoms with Crippen LogP contribution in [0, 0.1) is 6.92 Å². The van der Waals surface area contributed by atoms with E-state index in [4.69, 9.17) is 23.2 Å². The summed E-state index contributed by atoms with van der Waals surface area (Å²) in [6.45, 7) is 1.83. The zero-order chi connectivity index (χ0) is 24.9. The number of amides is 3. The number of para-hydroxylation sites is 2. The Labute approximate surface area is 211 Å². The van der Waals surface area contributed by atoms with E-state index in [1.54, 1.807) is 48.5 Å². The normalized spacial score (nSPS) is 10.5. The Hall–Kier alpha value is -4.07. The van der Waals surface area contributed by atoms with Gasteiger partial charge in [0.15, 0.2) is 0 Å². The number of aryl methyl sites for hydroxylation is 1. The van der Waals surface area contributed by atoms with Gasteiger partial charge in [-0.25, -0.2) is 4.79 Å². The van der Waals surface area contributed by atoms with E-state index in [2.05, 4.69) is 16.0 Å². The van der Waals surface area contributed by atoms with Gasteiger partial charge in [0.1, 0.15) is 0 Å². The van der Waals surface area contributed by atoms with Crippen LogP contribution in [0.5, 0.6) is 0 Å². The molecule has 7 nitrogen and oxygen atoms in total. The average Bonchev–Trinajstić information content (AvgIpc) is 2.82. The largest absolute Gasteiger partial charge is 0.323 e. The van der Waals surface area contributed by atoms with Gasteiger partial charge in [0, 0.05) is 29.3 Å². The van der Waals surface area contributed by atoms with Crippen molar-refractivity contribution in [2.24, 2.45) is 0 Å². The summed E-state index contributed by atoms with van der Waals surface area (Å²) >= 11 is 12.5. The van der Waals surface area contributed by atoms with E-state index in [1.807, 2.05) is 25.1 Å². The van der Waals surface area contributed by atoms with E-state index < -0.39 is 11.9 Å². The number of carbonyl (C=O) groups excluding carboxylic acids is 2. The van der Waals surface area contributed by atoms with Crippen LogP contribution in [0.2, 0.25) is 10.0 Å². The van der Waals surface area contributed by atoms with Crippen LogP contribution >= 0.6 is 23.2 Å². The predicted octanol–water partition coefficient (Wildman–Crippen LogP) is 6.35. The minimum Gasteiger partial charge on any atom is -0.322 e. The molecular weight excluding hydrogens is 487 g/mol. The highest BCUT2D eigenvalue weighted by Gasteiger charge is 2.14. The van der Waals surface area contributed by atoms with Crippen molar-refractivity contribution in [1.82, 2.24) is 4.57 Å². The maximum absolute atomic E-state index is 13.0. The van der Waals surface area contributed by atoms with Gasteiger partial charge >= 0.3 is 6.03 Å². The third-order valence-corrected chi connectivity index (χ3v) is 5.74. The molecule has 0 aliphatic heterocycles. The number of halogens is 2. The lowest BCUT2D eigenvalue weighted by molar-refractivity contribution is 0.102. The zero-order valence-electron chi connectivity index (χ0n) is 18.5. The summed E-state index contributed by atoms with van der Waals surface area (Å²) in [7, 11) is 0. The van der Waals surface area contributed by atoms with Gasteiger partial charge in [-0.1, -0.05) is 53.5 Å². The molecule has 3 aromatic carbocycles. The van der Waals surface area contributed by atoms with Crippen LogP contribution in [-0.2, 0) is 0 Å². The Morgan fingerprint density at radius 2 is 1.46 bits per heavy atom. The van der Waals surface area contributed by atoms with Crippen molar-refractivity contribution in [3.05, 3.63) is 117 Å². The van der Waals surface area contributed by atoms with E-state index in [9.17, 15) is 14.4 Å². The second-order valence-electron chi connectivity index (χ2n) is 7.63. The predicted molar refractivity (Wildman–Crippen MR) is 140 cm³/mol. The number of aromatic nitrogens is 1. The molecule has 176 valence electrons. The molecule has 0 aliphatic rings. The van der Waals surface area contributed by atoms with Crippen LogP contribution in [0.25, 0.3) is 5.69 Å². The van der Waals surface area contributed by atoms with Crippen molar-refractivity contribution in [3.8, 4) is 5.69 Å². The van der Waals surface area contributed by atoms with Crippen molar-refractivity contribution in [1.29, 1.82) is 0 Å². The van der Waals surface area contributed by atoms with Gasteiger partial charge in [-0.2, -0.15) is 0 Å². The third kappa shape index (κ3) is 5.71. The Kier molecular flexibility index (Phi) is 7.19. The molecule has 0 saturated heterocycles. The molecule has 35 heavy (non-hydrogen) atoms. The SMILES string of the molecule is Cc1ccc(NC(=O)Nc2ccccc2)cc1NC(=O)c1ccc(=O)n(-c2c(Cl)cccc2Cl)c1. The lowest BCUT2D eigenvalue weighted by Gasteiger charge is -2.14. The lowest BCUT2D eigenvalue weighted by Crippen LogP contribution is -2.22. The number of hydrogen-bond acceptors (Lipinski definition) is 3. The van der Waals surface area contributed by atoms with Crippen molar-refractivity contribution in [3.63, 3.8) is 0 Å². The molecule has 0 aliphatic carbocycles. The highest BCUT2D eigenvalue weighted by molar-refractivity contribution is 6.37. The molecule has 9 heteroatoms. The molecule has 0 unspecified atom stereocenters. The summed E-state index contributed by atoms with van der Waals surface area (Å²) in [6.07, 6.45) is 1.38. The number of pyridine rings is 1. The first-order valence-corrected chi connectivity index (χ1v) is 11.3. The number of rotatable bonds is 5. The molecule has 0 bridgehead atoms. The quantitative estimate of drug-likeness (QED) is 0.294. The molecule has 0 spiro atoms. The molecule has 1 heterocycles. The van der Waals surface area contributed by atoms with Crippen LogP contribution in [0.4, 0.5) is 21.9 Å². The van der Waals surface area contributed by atoms with E-state index >= 15 is 0 Å². The highest BCUT2D eigenvalue weighted by atomic mass is 35.5. The number of nitrogens with zero attached hydrogens (tertiary/aromatic N) is 1. The Bertz CT molecular complexity index is 1450. The molecular formula is C26H20Cl2N4O3. The smallest absolute Gasteiger partial charge is 0.322 e. The van der Waals surface area contributed by atoms with Gasteiger partial charge in [-0.05, 0) is 55.0 Å². The number of urea groups is 1. The Morgan fingerprint density at radius 3 is 2.17 bits per heavy atom. The van der Waals surface area contributed by atoms with Crippen LogP contribution in [0.1, 0.15) is 15.9 Å². The molecule has 1 aromatic heterocycles. The molecule has 0 fully saturated rings. The second-order valence-corrected chi connectivity index (χ2v) is 8.44. The van der Waals surface area contributed by atoms with E-state index in [0.29, 0.717) is 22.7 Å². The molecule has 4 rings (SSSR count). The van der Waals surface area contributed by atoms with Crippen molar-refractivity contribution < 1.29 is 9.59 Å². The molecule has 0 radical (unpaired) electrons. The van der Waals surface area contributed by atoms with Gasteiger partial charge in [0.25, 0.3) is 11.5 Å². The fourth-order valence-electron chi connectivity index (χ4n) is 3.36. The number of carbonyl (C=O) groups is 2. The Balaban J connectivity index is 1.54. The maximum atomic E-state index is 13.0. The van der Waals surface area contributed by atoms with Crippen LogP contribution in [-0.4, -0.2) is 16.5 Å². The lowest BCUT2D eigenvalue weighted by atomic mass is 10.1. The summed E-state index contributed by atoms with van der Waals surface area (Å²) in [5, 5.41) is 8.86. The van der Waals surface area contributed by atoms with Crippen molar-refractivity contribution in [2.45, 2.75) is 6.92 Å². The first-order chi connectivity index (χ1) is 16.8. The molecule has 3 amide bonds. The number of anilines is 3. The summed E-state index contributed by atoms with van der Waals surface area (Å²) in [4.78, 5) is 37.8. The van der Waals surface area contributed by atoms with Crippen LogP contribution in [0.3, 0.4) is 0 Å². The van der Waals surface area contributed by atoms with Gasteiger partial charge in [-0.3, -0.25) is 14.2 Å². The topological polar surface area (TPSA) is 92.2 Å².